The van der Waals surface area contributed by atoms with Crippen LogP contribution in [0.5, 0.6) is 5.88 Å². The molecule has 0 radical (unpaired) electrons. The van der Waals surface area contributed by atoms with Crippen LogP contribution in [0.15, 0.2) is 85.1 Å². The number of pyridine rings is 1. The number of ether oxygens (including phenoxy) is 1. The molecule has 1 aliphatic rings. The van der Waals surface area contributed by atoms with Gasteiger partial charge >= 0.3 is 0 Å². The average molecular weight is 589 g/mol. The lowest BCUT2D eigenvalue weighted by atomic mass is 10.0. The third-order valence-corrected chi connectivity index (χ3v) is 8.53. The van der Waals surface area contributed by atoms with E-state index in [1.165, 1.54) is 17.7 Å². The minimum Gasteiger partial charge on any atom is -0.480 e. The van der Waals surface area contributed by atoms with Crippen molar-refractivity contribution in [3.63, 3.8) is 0 Å². The maximum absolute atomic E-state index is 14.2. The Kier molecular flexibility index (Phi) is 7.31. The van der Waals surface area contributed by atoms with E-state index in [1.54, 1.807) is 19.4 Å². The molecule has 3 aromatic heterocycles. The summed E-state index contributed by atoms with van der Waals surface area (Å²) >= 11 is 0. The fourth-order valence-corrected chi connectivity index (χ4v) is 6.28. The molecule has 1 saturated heterocycles. The van der Waals surface area contributed by atoms with E-state index in [4.69, 9.17) is 14.7 Å². The van der Waals surface area contributed by atoms with Gasteiger partial charge in [-0.25, -0.2) is 14.4 Å². The second kappa shape index (κ2) is 11.6. The summed E-state index contributed by atoms with van der Waals surface area (Å²) in [5.74, 6) is 0.857. The zero-order chi connectivity index (χ0) is 30.2. The lowest BCUT2D eigenvalue weighted by molar-refractivity contribution is -0.136. The highest BCUT2D eigenvalue weighted by Crippen LogP contribution is 2.33. The number of carbonyl (C=O) groups excluding carboxylic acids is 1. The number of carbonyl (C=O) groups is 1. The summed E-state index contributed by atoms with van der Waals surface area (Å²) in [5.41, 5.74) is 6.15. The molecule has 7 rings (SSSR count). The summed E-state index contributed by atoms with van der Waals surface area (Å²) in [6.07, 6.45) is 1.95. The number of H-pyrrole nitrogens is 2. The fourth-order valence-electron chi connectivity index (χ4n) is 6.28. The molecule has 1 aliphatic heterocycles. The molecule has 2 N–H and O–H groups in total. The molecule has 1 fully saturated rings. The Balaban J connectivity index is 1.22. The highest BCUT2D eigenvalue weighted by molar-refractivity contribution is 5.90. The van der Waals surface area contributed by atoms with Crippen LogP contribution >= 0.6 is 0 Å². The number of piperazine rings is 1. The van der Waals surface area contributed by atoms with E-state index < -0.39 is 0 Å². The smallest absolute Gasteiger partial charge is 0.227 e. The van der Waals surface area contributed by atoms with Crippen molar-refractivity contribution in [1.82, 2.24) is 29.7 Å². The Bertz CT molecular complexity index is 1970. The van der Waals surface area contributed by atoms with Crippen molar-refractivity contribution >= 4 is 27.7 Å². The number of benzene rings is 3. The Hall–Kier alpha value is -5.02. The van der Waals surface area contributed by atoms with Crippen molar-refractivity contribution in [3.05, 3.63) is 114 Å². The number of imidazole rings is 1. The van der Waals surface area contributed by atoms with Crippen LogP contribution in [0.1, 0.15) is 28.7 Å². The number of halogens is 1. The van der Waals surface area contributed by atoms with Crippen LogP contribution in [0.4, 0.5) is 4.39 Å². The zero-order valence-corrected chi connectivity index (χ0v) is 24.7. The summed E-state index contributed by atoms with van der Waals surface area (Å²) in [5, 5.41) is 1.74. The van der Waals surface area contributed by atoms with Gasteiger partial charge in [0.25, 0.3) is 0 Å². The molecule has 222 valence electrons. The number of hydrogen-bond donors (Lipinski definition) is 2. The van der Waals surface area contributed by atoms with Crippen LogP contribution in [0.3, 0.4) is 0 Å². The summed E-state index contributed by atoms with van der Waals surface area (Å²) < 4.78 is 19.8. The first-order valence-electron chi connectivity index (χ1n) is 14.8. The number of para-hydroxylation sites is 1. The van der Waals surface area contributed by atoms with Crippen LogP contribution in [0, 0.1) is 12.7 Å². The molecule has 1 atom stereocenters. The number of nitrogens with zero attached hydrogens (tertiary/aromatic N) is 4. The van der Waals surface area contributed by atoms with Gasteiger partial charge < -0.3 is 19.6 Å². The van der Waals surface area contributed by atoms with Gasteiger partial charge in [-0.05, 0) is 48.4 Å². The first kappa shape index (κ1) is 27.8. The minimum absolute atomic E-state index is 0.0227. The molecular formula is C35H33FN6O2. The van der Waals surface area contributed by atoms with E-state index >= 15 is 0 Å². The highest BCUT2D eigenvalue weighted by Gasteiger charge is 2.34. The Morgan fingerprint density at radius 1 is 1.02 bits per heavy atom. The highest BCUT2D eigenvalue weighted by atomic mass is 19.1. The summed E-state index contributed by atoms with van der Waals surface area (Å²) in [4.78, 5) is 34.6. The Morgan fingerprint density at radius 2 is 1.84 bits per heavy atom. The molecule has 8 nitrogen and oxygen atoms in total. The number of aromatic nitrogens is 4. The second-order valence-corrected chi connectivity index (χ2v) is 11.3. The van der Waals surface area contributed by atoms with Gasteiger partial charge in [-0.1, -0.05) is 48.5 Å². The third-order valence-electron chi connectivity index (χ3n) is 8.53. The monoisotopic (exact) mass is 588 g/mol. The van der Waals surface area contributed by atoms with Gasteiger partial charge in [-0.2, -0.15) is 0 Å². The molecular weight excluding hydrogens is 555 g/mol. The Morgan fingerprint density at radius 3 is 2.68 bits per heavy atom. The van der Waals surface area contributed by atoms with Crippen LogP contribution in [-0.4, -0.2) is 62.4 Å². The maximum Gasteiger partial charge on any atom is 0.227 e. The van der Waals surface area contributed by atoms with E-state index in [9.17, 15) is 9.18 Å². The van der Waals surface area contributed by atoms with Crippen molar-refractivity contribution in [2.75, 3.05) is 26.7 Å². The molecule has 4 heterocycles. The van der Waals surface area contributed by atoms with E-state index in [0.29, 0.717) is 24.8 Å². The van der Waals surface area contributed by atoms with Gasteiger partial charge in [0.1, 0.15) is 17.7 Å². The summed E-state index contributed by atoms with van der Waals surface area (Å²) in [6, 6.07) is 24.6. The minimum atomic E-state index is -0.320. The molecule has 6 aromatic rings. The van der Waals surface area contributed by atoms with Gasteiger partial charge in [0.15, 0.2) is 0 Å². The number of fused-ring (bicyclic) bond motifs is 2. The van der Waals surface area contributed by atoms with Crippen molar-refractivity contribution in [2.45, 2.75) is 25.9 Å². The number of hydrogen-bond acceptors (Lipinski definition) is 5. The first-order valence-corrected chi connectivity index (χ1v) is 14.8. The van der Waals surface area contributed by atoms with E-state index in [1.807, 2.05) is 60.4 Å². The molecule has 0 bridgehead atoms. The Labute approximate surface area is 254 Å². The van der Waals surface area contributed by atoms with Gasteiger partial charge in [-0.15, -0.1) is 0 Å². The number of amides is 1. The number of methoxy groups -OCH3 is 1. The van der Waals surface area contributed by atoms with E-state index in [-0.39, 0.29) is 24.2 Å². The maximum atomic E-state index is 14.2. The predicted molar refractivity (Wildman–Crippen MR) is 169 cm³/mol. The first-order chi connectivity index (χ1) is 21.5. The van der Waals surface area contributed by atoms with Gasteiger partial charge in [0, 0.05) is 48.2 Å². The van der Waals surface area contributed by atoms with Crippen LogP contribution in [0.2, 0.25) is 0 Å². The van der Waals surface area contributed by atoms with Gasteiger partial charge in [0.05, 0.1) is 36.5 Å². The summed E-state index contributed by atoms with van der Waals surface area (Å²) in [7, 11) is 1.61. The lowest BCUT2D eigenvalue weighted by Gasteiger charge is -2.40. The lowest BCUT2D eigenvalue weighted by Crippen LogP contribution is -2.51. The SMILES string of the molecule is COc1nc2ccccc2cc1-c1cnc(C2CN(Cc3ccccc3)CCN2C(=O)Cc2c(C)[nH]c3ccc(F)cc23)[nH]1. The molecule has 9 heteroatoms. The number of aryl methyl sites for hydroxylation is 1. The molecule has 44 heavy (non-hydrogen) atoms. The normalized spacial score (nSPS) is 15.7. The number of aromatic amines is 2. The average Bonchev–Trinajstić information content (AvgIpc) is 3.65. The molecule has 0 aliphatic carbocycles. The van der Waals surface area contributed by atoms with Crippen LogP contribution in [0.25, 0.3) is 33.1 Å². The van der Waals surface area contributed by atoms with Gasteiger partial charge in [-0.3, -0.25) is 9.69 Å². The van der Waals surface area contributed by atoms with Crippen molar-refractivity contribution < 1.29 is 13.9 Å². The molecule has 0 spiro atoms. The predicted octanol–water partition coefficient (Wildman–Crippen LogP) is 6.19. The number of rotatable bonds is 7. The van der Waals surface area contributed by atoms with Gasteiger partial charge in [0.2, 0.25) is 11.8 Å². The number of nitrogens with one attached hydrogen (secondary N) is 2. The van der Waals surface area contributed by atoms with Crippen LogP contribution < -0.4 is 4.74 Å². The zero-order valence-electron chi connectivity index (χ0n) is 24.7. The topological polar surface area (TPSA) is 90.1 Å². The van der Waals surface area contributed by atoms with Crippen molar-refractivity contribution in [2.24, 2.45) is 0 Å². The standard InChI is InChI=1S/C35H33FN6O2/c1-22-26(27-17-25(36)12-13-30(27)38-22)18-33(43)42-15-14-41(20-23-8-4-3-5-9-23)21-32(42)34-37-19-31(39-34)28-16-24-10-6-7-11-29(24)40-35(28)44-2/h3-13,16-17,19,32,38H,14-15,18,20-21H2,1-2H3,(H,37,39). The van der Waals surface area contributed by atoms with Crippen LogP contribution in [-0.2, 0) is 17.8 Å². The van der Waals surface area contributed by atoms with E-state index in [2.05, 4.69) is 27.0 Å². The largest absolute Gasteiger partial charge is 0.480 e. The van der Waals surface area contributed by atoms with Crippen molar-refractivity contribution in [3.8, 4) is 17.1 Å². The molecule has 1 unspecified atom stereocenters. The molecule has 1 amide bonds. The summed E-state index contributed by atoms with van der Waals surface area (Å²) in [6.45, 7) is 4.59. The second-order valence-electron chi connectivity index (χ2n) is 11.3. The third kappa shape index (κ3) is 5.31. The fraction of sp³-hybridized carbons (Fsp3) is 0.229. The van der Waals surface area contributed by atoms with Crippen molar-refractivity contribution in [1.29, 1.82) is 0 Å². The quantitative estimate of drug-likeness (QED) is 0.232. The molecule has 3 aromatic carbocycles. The molecule has 0 saturated carbocycles. The van der Waals surface area contributed by atoms with E-state index in [0.717, 1.165) is 57.4 Å².